The van der Waals surface area contributed by atoms with Crippen LogP contribution < -0.4 is 11.3 Å². The number of aromatic hydroxyl groups is 1. The van der Waals surface area contributed by atoms with E-state index in [1.807, 2.05) is 0 Å². The maximum absolute atomic E-state index is 10.2. The second-order valence-corrected chi connectivity index (χ2v) is 2.59. The number of carbonyl (C=O) groups is 1. The summed E-state index contributed by atoms with van der Waals surface area (Å²) in [6.45, 7) is 0. The van der Waals surface area contributed by atoms with Crippen LogP contribution in [-0.4, -0.2) is 16.2 Å². The average molecular weight is 194 g/mol. The first kappa shape index (κ1) is 10.1. The fourth-order valence-electron chi connectivity index (χ4n) is 0.935. The Labute approximate surface area is 80.4 Å². The molecule has 14 heavy (non-hydrogen) atoms. The van der Waals surface area contributed by atoms with Crippen LogP contribution in [0.5, 0.6) is 5.75 Å². The predicted molar refractivity (Wildman–Crippen MR) is 52.6 cm³/mol. The van der Waals surface area contributed by atoms with E-state index in [0.717, 1.165) is 6.08 Å². The van der Waals surface area contributed by atoms with Gasteiger partial charge in [-0.2, -0.15) is 0 Å². The predicted octanol–water partition coefficient (Wildman–Crippen LogP) is 0.776. The van der Waals surface area contributed by atoms with Crippen molar-refractivity contribution in [3.63, 3.8) is 0 Å². The molecule has 0 fully saturated rings. The van der Waals surface area contributed by atoms with Crippen molar-refractivity contribution >= 4 is 17.7 Å². The number of aliphatic carboxylic acids is 1. The lowest BCUT2D eigenvalue weighted by Crippen LogP contribution is -2.06. The molecular weight excluding hydrogens is 184 g/mol. The number of hydrogen-bond acceptors (Lipinski definition) is 4. The van der Waals surface area contributed by atoms with Crippen LogP contribution in [0.15, 0.2) is 24.3 Å². The maximum Gasteiger partial charge on any atom is 0.328 e. The van der Waals surface area contributed by atoms with Crippen molar-refractivity contribution in [1.82, 2.24) is 0 Å². The van der Waals surface area contributed by atoms with Gasteiger partial charge in [0.15, 0.2) is 0 Å². The maximum atomic E-state index is 10.2. The summed E-state index contributed by atoms with van der Waals surface area (Å²) in [6, 6.07) is 4.59. The molecule has 0 aliphatic rings. The van der Waals surface area contributed by atoms with Crippen LogP contribution in [0.2, 0.25) is 0 Å². The van der Waals surface area contributed by atoms with Crippen LogP contribution in [0.25, 0.3) is 6.08 Å². The summed E-state index contributed by atoms with van der Waals surface area (Å²) in [4.78, 5) is 10.2. The van der Waals surface area contributed by atoms with Gasteiger partial charge in [-0.15, -0.1) is 0 Å². The molecule has 1 aromatic carbocycles. The van der Waals surface area contributed by atoms with Crippen LogP contribution in [-0.2, 0) is 4.79 Å². The average Bonchev–Trinajstić information content (AvgIpc) is 2.15. The Kier molecular flexibility index (Phi) is 3.09. The largest absolute Gasteiger partial charge is 0.507 e. The van der Waals surface area contributed by atoms with Crippen molar-refractivity contribution in [3.8, 4) is 5.75 Å². The molecule has 0 aliphatic carbocycles. The van der Waals surface area contributed by atoms with Crippen molar-refractivity contribution < 1.29 is 15.0 Å². The first-order chi connectivity index (χ1) is 6.63. The van der Waals surface area contributed by atoms with Crippen LogP contribution in [0, 0.1) is 0 Å². The van der Waals surface area contributed by atoms with Crippen molar-refractivity contribution in [2.75, 3.05) is 5.43 Å². The number of rotatable bonds is 3. The lowest BCUT2D eigenvalue weighted by molar-refractivity contribution is -0.131. The van der Waals surface area contributed by atoms with Gasteiger partial charge in [-0.3, -0.25) is 5.84 Å². The molecule has 1 aromatic rings. The highest BCUT2D eigenvalue weighted by Gasteiger charge is 1.99. The monoisotopic (exact) mass is 194 g/mol. The molecule has 0 unspecified atom stereocenters. The molecule has 74 valence electrons. The number of nitrogens with one attached hydrogen (secondary N) is 1. The van der Waals surface area contributed by atoms with Gasteiger partial charge in [-0.25, -0.2) is 4.79 Å². The number of carboxylic acid groups (broad SMARTS) is 1. The van der Waals surface area contributed by atoms with E-state index in [9.17, 15) is 9.90 Å². The molecule has 5 heteroatoms. The first-order valence-corrected chi connectivity index (χ1v) is 3.84. The zero-order chi connectivity index (χ0) is 10.6. The Morgan fingerprint density at radius 1 is 1.50 bits per heavy atom. The SMILES string of the molecule is NNc1ccc(/C=C/C(=O)O)c(O)c1. The first-order valence-electron chi connectivity index (χ1n) is 3.84. The van der Waals surface area contributed by atoms with Gasteiger partial charge < -0.3 is 15.6 Å². The number of phenolic OH excluding ortho intramolecular Hbond substituents is 1. The molecule has 5 N–H and O–H groups in total. The summed E-state index contributed by atoms with van der Waals surface area (Å²) in [5.41, 5.74) is 3.33. The van der Waals surface area contributed by atoms with E-state index in [4.69, 9.17) is 10.9 Å². The molecule has 0 amide bonds. The Bertz CT molecular complexity index is 374. The minimum Gasteiger partial charge on any atom is -0.507 e. The molecule has 0 bridgehead atoms. The normalized spacial score (nSPS) is 10.4. The Morgan fingerprint density at radius 2 is 2.21 bits per heavy atom. The highest BCUT2D eigenvalue weighted by molar-refractivity contribution is 5.86. The molecule has 5 nitrogen and oxygen atoms in total. The van der Waals surface area contributed by atoms with Crippen LogP contribution >= 0.6 is 0 Å². The second kappa shape index (κ2) is 4.29. The molecule has 0 atom stereocenters. The molecule has 1 rings (SSSR count). The van der Waals surface area contributed by atoms with Gasteiger partial charge in [0, 0.05) is 17.7 Å². The third-order valence-electron chi connectivity index (χ3n) is 1.60. The topological polar surface area (TPSA) is 95.6 Å². The van der Waals surface area contributed by atoms with Crippen molar-refractivity contribution in [2.45, 2.75) is 0 Å². The number of hydrazine groups is 1. The zero-order valence-electron chi connectivity index (χ0n) is 7.27. The smallest absolute Gasteiger partial charge is 0.328 e. The molecular formula is C9H10N2O3. The van der Waals surface area contributed by atoms with Crippen LogP contribution in [0.4, 0.5) is 5.69 Å². The molecule has 0 saturated heterocycles. The lowest BCUT2D eigenvalue weighted by atomic mass is 10.1. The summed E-state index contributed by atoms with van der Waals surface area (Å²) in [5, 5.41) is 17.8. The standard InChI is InChI=1S/C9H10N2O3/c10-11-7-3-1-6(8(12)5-7)2-4-9(13)14/h1-5,11-12H,10H2,(H,13,14)/b4-2+. The van der Waals surface area contributed by atoms with Crippen LogP contribution in [0.1, 0.15) is 5.56 Å². The summed E-state index contributed by atoms with van der Waals surface area (Å²) in [7, 11) is 0. The number of carboxylic acids is 1. The number of nitrogens with two attached hydrogens (primary N) is 1. The van der Waals surface area contributed by atoms with Crippen molar-refractivity contribution in [3.05, 3.63) is 29.8 Å². The fourth-order valence-corrected chi connectivity index (χ4v) is 0.935. The Hall–Kier alpha value is -2.01. The van der Waals surface area contributed by atoms with E-state index in [-0.39, 0.29) is 5.75 Å². The van der Waals surface area contributed by atoms with E-state index in [1.54, 1.807) is 12.1 Å². The molecule has 0 aliphatic heterocycles. The molecule has 0 heterocycles. The van der Waals surface area contributed by atoms with Gasteiger partial charge >= 0.3 is 5.97 Å². The van der Waals surface area contributed by atoms with E-state index < -0.39 is 5.97 Å². The lowest BCUT2D eigenvalue weighted by Gasteiger charge is -2.02. The molecule has 0 saturated carbocycles. The van der Waals surface area contributed by atoms with Gasteiger partial charge in [0.2, 0.25) is 0 Å². The van der Waals surface area contributed by atoms with Gasteiger partial charge in [0.1, 0.15) is 5.75 Å². The van der Waals surface area contributed by atoms with Gasteiger partial charge in [0.05, 0.1) is 5.69 Å². The molecule has 0 spiro atoms. The number of nitrogen functional groups attached to an aromatic ring is 1. The third-order valence-corrected chi connectivity index (χ3v) is 1.60. The summed E-state index contributed by atoms with van der Waals surface area (Å²) in [5.74, 6) is 4.02. The van der Waals surface area contributed by atoms with Gasteiger partial charge in [-0.05, 0) is 18.2 Å². The number of phenols is 1. The summed E-state index contributed by atoms with van der Waals surface area (Å²) in [6.07, 6.45) is 2.25. The van der Waals surface area contributed by atoms with Gasteiger partial charge in [-0.1, -0.05) is 0 Å². The molecule has 0 radical (unpaired) electrons. The quantitative estimate of drug-likeness (QED) is 0.324. The molecule has 0 aromatic heterocycles. The minimum absolute atomic E-state index is 0.0297. The third kappa shape index (κ3) is 2.49. The summed E-state index contributed by atoms with van der Waals surface area (Å²) < 4.78 is 0. The Morgan fingerprint density at radius 3 is 2.71 bits per heavy atom. The minimum atomic E-state index is -1.06. The van der Waals surface area contributed by atoms with E-state index in [2.05, 4.69) is 5.43 Å². The highest BCUT2D eigenvalue weighted by Crippen LogP contribution is 2.22. The zero-order valence-corrected chi connectivity index (χ0v) is 7.27. The highest BCUT2D eigenvalue weighted by atomic mass is 16.4. The van der Waals surface area contributed by atoms with Gasteiger partial charge in [0.25, 0.3) is 0 Å². The van der Waals surface area contributed by atoms with Crippen molar-refractivity contribution in [1.29, 1.82) is 0 Å². The second-order valence-electron chi connectivity index (χ2n) is 2.59. The summed E-state index contributed by atoms with van der Waals surface area (Å²) >= 11 is 0. The number of benzene rings is 1. The van der Waals surface area contributed by atoms with E-state index in [1.165, 1.54) is 12.1 Å². The number of anilines is 1. The Balaban J connectivity index is 2.94. The van der Waals surface area contributed by atoms with E-state index >= 15 is 0 Å². The fraction of sp³-hybridized carbons (Fsp3) is 0. The van der Waals surface area contributed by atoms with Crippen LogP contribution in [0.3, 0.4) is 0 Å². The van der Waals surface area contributed by atoms with Crippen molar-refractivity contribution in [2.24, 2.45) is 5.84 Å². The van der Waals surface area contributed by atoms with E-state index in [0.29, 0.717) is 11.3 Å². The number of hydrogen-bond donors (Lipinski definition) is 4.